The van der Waals surface area contributed by atoms with Crippen LogP contribution >= 0.6 is 11.3 Å². The number of alkyl halides is 3. The van der Waals surface area contributed by atoms with Gasteiger partial charge >= 0.3 is 6.18 Å². The van der Waals surface area contributed by atoms with Crippen LogP contribution in [-0.2, 0) is 6.18 Å². The fourth-order valence-electron chi connectivity index (χ4n) is 3.95. The van der Waals surface area contributed by atoms with E-state index in [9.17, 15) is 18.0 Å². The highest BCUT2D eigenvalue weighted by atomic mass is 32.1. The third-order valence-corrected chi connectivity index (χ3v) is 6.77. The molecule has 4 rings (SSSR count). The largest absolute Gasteiger partial charge is 0.418 e. The molecule has 10 heteroatoms. The first kappa shape index (κ1) is 22.5. The zero-order valence-electron chi connectivity index (χ0n) is 17.8. The SMILES string of the molecule is CCN1CCC(N(C)C(=O)c2csc(-c3cnn(-c4ccccc4C(F)(F)F)c3)n2)CC1. The molecule has 0 aliphatic carbocycles. The van der Waals surface area contributed by atoms with Gasteiger partial charge in [-0.1, -0.05) is 19.1 Å². The summed E-state index contributed by atoms with van der Waals surface area (Å²) in [6.07, 6.45) is 0.338. The molecule has 1 aliphatic heterocycles. The molecule has 1 aliphatic rings. The van der Waals surface area contributed by atoms with Crippen LogP contribution < -0.4 is 0 Å². The summed E-state index contributed by atoms with van der Waals surface area (Å²) in [5, 5.41) is 6.33. The molecular weight excluding hydrogens is 439 g/mol. The quantitative estimate of drug-likeness (QED) is 0.556. The van der Waals surface area contributed by atoms with Crippen molar-refractivity contribution in [3.8, 4) is 16.3 Å². The molecule has 3 heterocycles. The van der Waals surface area contributed by atoms with Gasteiger partial charge in [0.15, 0.2) is 0 Å². The van der Waals surface area contributed by atoms with Crippen LogP contribution in [0.4, 0.5) is 13.2 Å². The fraction of sp³-hybridized carbons (Fsp3) is 0.409. The Morgan fingerprint density at radius 2 is 1.97 bits per heavy atom. The van der Waals surface area contributed by atoms with Crippen LogP contribution in [0.25, 0.3) is 16.3 Å². The van der Waals surface area contributed by atoms with E-state index in [1.807, 2.05) is 0 Å². The summed E-state index contributed by atoms with van der Waals surface area (Å²) in [5.74, 6) is -0.141. The van der Waals surface area contributed by atoms with Gasteiger partial charge in [0.05, 0.1) is 17.4 Å². The Morgan fingerprint density at radius 3 is 2.66 bits per heavy atom. The number of carbonyl (C=O) groups is 1. The van der Waals surface area contributed by atoms with E-state index in [4.69, 9.17) is 0 Å². The van der Waals surface area contributed by atoms with Gasteiger partial charge in [-0.2, -0.15) is 18.3 Å². The Labute approximate surface area is 188 Å². The van der Waals surface area contributed by atoms with Crippen molar-refractivity contribution in [3.63, 3.8) is 0 Å². The van der Waals surface area contributed by atoms with E-state index >= 15 is 0 Å². The zero-order chi connectivity index (χ0) is 22.9. The zero-order valence-corrected chi connectivity index (χ0v) is 18.7. The van der Waals surface area contributed by atoms with Crippen molar-refractivity contribution in [2.75, 3.05) is 26.7 Å². The Kier molecular flexibility index (Phi) is 6.34. The summed E-state index contributed by atoms with van der Waals surface area (Å²) < 4.78 is 41.2. The van der Waals surface area contributed by atoms with Crippen LogP contribution in [0.15, 0.2) is 42.0 Å². The molecule has 2 aromatic heterocycles. The number of hydrogen-bond acceptors (Lipinski definition) is 5. The summed E-state index contributed by atoms with van der Waals surface area (Å²) in [4.78, 5) is 21.5. The molecule has 0 saturated carbocycles. The number of amides is 1. The second-order valence-corrected chi connectivity index (χ2v) is 8.67. The molecule has 0 bridgehead atoms. The average Bonchev–Trinajstić information content (AvgIpc) is 3.47. The lowest BCUT2D eigenvalue weighted by Crippen LogP contribution is -2.45. The highest BCUT2D eigenvalue weighted by Crippen LogP contribution is 2.34. The van der Waals surface area contributed by atoms with E-state index in [0.717, 1.165) is 38.5 Å². The molecule has 3 aromatic rings. The van der Waals surface area contributed by atoms with E-state index in [1.165, 1.54) is 46.6 Å². The standard InChI is InChI=1S/C22H24F3N5OS/c1-3-29-10-8-16(9-11-29)28(2)21(31)18-14-32-20(27-18)15-12-26-30(13-15)19-7-5-4-6-17(19)22(23,24)25/h4-7,12-14,16H,3,8-11H2,1-2H3. The van der Waals surface area contributed by atoms with Crippen LogP contribution in [0.3, 0.4) is 0 Å². The van der Waals surface area contributed by atoms with Gasteiger partial charge in [0.25, 0.3) is 5.91 Å². The highest BCUT2D eigenvalue weighted by Gasteiger charge is 2.34. The predicted molar refractivity (Wildman–Crippen MR) is 117 cm³/mol. The molecule has 6 nitrogen and oxygen atoms in total. The van der Waals surface area contributed by atoms with Crippen LogP contribution in [0.2, 0.25) is 0 Å². The minimum absolute atomic E-state index is 0.0581. The second-order valence-electron chi connectivity index (χ2n) is 7.81. The highest BCUT2D eigenvalue weighted by molar-refractivity contribution is 7.13. The number of carbonyl (C=O) groups excluding carboxylic acids is 1. The van der Waals surface area contributed by atoms with Gasteiger partial charge in [-0.3, -0.25) is 4.79 Å². The number of thiazole rings is 1. The molecule has 1 fully saturated rings. The average molecular weight is 464 g/mol. The van der Waals surface area contributed by atoms with Crippen molar-refractivity contribution in [1.29, 1.82) is 0 Å². The number of likely N-dealkylation sites (tertiary alicyclic amines) is 1. The van der Waals surface area contributed by atoms with Gasteiger partial charge < -0.3 is 9.80 Å². The molecule has 1 aromatic carbocycles. The Balaban J connectivity index is 1.51. The molecule has 0 N–H and O–H groups in total. The van der Waals surface area contributed by atoms with Gasteiger partial charge in [-0.25, -0.2) is 9.67 Å². The van der Waals surface area contributed by atoms with Gasteiger partial charge in [0.2, 0.25) is 0 Å². The van der Waals surface area contributed by atoms with Crippen molar-refractivity contribution in [1.82, 2.24) is 24.6 Å². The number of halogens is 3. The Bertz CT molecular complexity index is 1090. The van der Waals surface area contributed by atoms with E-state index in [2.05, 4.69) is 21.9 Å². The van der Waals surface area contributed by atoms with Crippen LogP contribution in [0.1, 0.15) is 35.8 Å². The Hall–Kier alpha value is -2.72. The predicted octanol–water partition coefficient (Wildman–Crippen LogP) is 4.57. The van der Waals surface area contributed by atoms with E-state index in [0.29, 0.717) is 16.3 Å². The van der Waals surface area contributed by atoms with E-state index in [1.54, 1.807) is 17.3 Å². The number of para-hydroxylation sites is 1. The summed E-state index contributed by atoms with van der Waals surface area (Å²) >= 11 is 1.27. The lowest BCUT2D eigenvalue weighted by atomic mass is 10.0. The van der Waals surface area contributed by atoms with Crippen molar-refractivity contribution < 1.29 is 18.0 Å². The summed E-state index contributed by atoms with van der Waals surface area (Å²) in [5.41, 5.74) is 0.0801. The maximum absolute atomic E-state index is 13.3. The molecule has 0 radical (unpaired) electrons. The first-order valence-electron chi connectivity index (χ1n) is 10.4. The number of hydrogen-bond donors (Lipinski definition) is 0. The summed E-state index contributed by atoms with van der Waals surface area (Å²) in [6.45, 7) is 5.09. The lowest BCUT2D eigenvalue weighted by molar-refractivity contribution is -0.137. The molecule has 170 valence electrons. The first-order chi connectivity index (χ1) is 15.3. The van der Waals surface area contributed by atoms with Gasteiger partial charge in [0.1, 0.15) is 10.7 Å². The monoisotopic (exact) mass is 463 g/mol. The third kappa shape index (κ3) is 4.56. The van der Waals surface area contributed by atoms with E-state index < -0.39 is 11.7 Å². The van der Waals surface area contributed by atoms with Crippen molar-refractivity contribution in [2.24, 2.45) is 0 Å². The lowest BCUT2D eigenvalue weighted by Gasteiger charge is -2.36. The van der Waals surface area contributed by atoms with Gasteiger partial charge in [-0.05, 0) is 31.5 Å². The van der Waals surface area contributed by atoms with Crippen LogP contribution in [0, 0.1) is 0 Å². The van der Waals surface area contributed by atoms with Crippen molar-refractivity contribution in [3.05, 3.63) is 53.3 Å². The molecule has 0 unspecified atom stereocenters. The molecule has 32 heavy (non-hydrogen) atoms. The topological polar surface area (TPSA) is 54.3 Å². The van der Waals surface area contributed by atoms with Crippen LogP contribution in [0.5, 0.6) is 0 Å². The Morgan fingerprint density at radius 1 is 1.25 bits per heavy atom. The normalized spacial score (nSPS) is 15.8. The van der Waals surface area contributed by atoms with Crippen molar-refractivity contribution in [2.45, 2.75) is 32.0 Å². The van der Waals surface area contributed by atoms with E-state index in [-0.39, 0.29) is 17.6 Å². The number of rotatable bonds is 5. The van der Waals surface area contributed by atoms with Gasteiger partial charge in [0, 0.05) is 43.3 Å². The minimum atomic E-state index is -4.48. The number of piperidine rings is 1. The second kappa shape index (κ2) is 9.03. The fourth-order valence-corrected chi connectivity index (χ4v) is 4.72. The summed E-state index contributed by atoms with van der Waals surface area (Å²) in [7, 11) is 1.81. The maximum Gasteiger partial charge on any atom is 0.418 e. The van der Waals surface area contributed by atoms with Crippen molar-refractivity contribution >= 4 is 17.2 Å². The smallest absolute Gasteiger partial charge is 0.337 e. The molecular formula is C22H24F3N5OS. The van der Waals surface area contributed by atoms with Gasteiger partial charge in [-0.15, -0.1) is 11.3 Å². The molecule has 1 amide bonds. The molecule has 1 saturated heterocycles. The maximum atomic E-state index is 13.3. The molecule has 0 spiro atoms. The number of aromatic nitrogens is 3. The minimum Gasteiger partial charge on any atom is -0.337 e. The number of nitrogens with zero attached hydrogens (tertiary/aromatic N) is 5. The molecule has 0 atom stereocenters. The third-order valence-electron chi connectivity index (χ3n) is 5.88. The first-order valence-corrected chi connectivity index (χ1v) is 11.3. The number of benzene rings is 1. The summed E-state index contributed by atoms with van der Waals surface area (Å²) in [6, 6.07) is 5.45. The van der Waals surface area contributed by atoms with Crippen LogP contribution in [-0.4, -0.2) is 63.2 Å².